The summed E-state index contributed by atoms with van der Waals surface area (Å²) in [6.07, 6.45) is 5.08. The summed E-state index contributed by atoms with van der Waals surface area (Å²) in [6, 6.07) is 15.5. The van der Waals surface area contributed by atoms with E-state index in [1.54, 1.807) is 11.1 Å². The highest BCUT2D eigenvalue weighted by Crippen LogP contribution is 2.26. The zero-order chi connectivity index (χ0) is 25.4. The summed E-state index contributed by atoms with van der Waals surface area (Å²) in [7, 11) is 0. The molecule has 1 N–H and O–H groups in total. The molecule has 0 aliphatic carbocycles. The smallest absolute Gasteiger partial charge is 0.274 e. The number of imidazole rings is 1. The van der Waals surface area contributed by atoms with E-state index in [1.807, 2.05) is 64.0 Å². The minimum Gasteiger partial charge on any atom is -0.391 e. The van der Waals surface area contributed by atoms with Crippen molar-refractivity contribution in [2.75, 3.05) is 44.2 Å². The van der Waals surface area contributed by atoms with E-state index >= 15 is 0 Å². The molecule has 10 nitrogen and oxygen atoms in total. The van der Waals surface area contributed by atoms with Crippen LogP contribution in [0.4, 0.5) is 5.82 Å². The van der Waals surface area contributed by atoms with Gasteiger partial charge in [0.05, 0.1) is 18.5 Å². The molecule has 0 spiro atoms. The first-order valence-electron chi connectivity index (χ1n) is 12.4. The van der Waals surface area contributed by atoms with Crippen LogP contribution in [-0.2, 0) is 0 Å². The molecule has 6 rings (SSSR count). The Balaban J connectivity index is 1.17. The van der Waals surface area contributed by atoms with Crippen LogP contribution in [0.1, 0.15) is 27.4 Å². The number of piperazine rings is 1. The predicted octanol–water partition coefficient (Wildman–Crippen LogP) is 1.96. The molecule has 37 heavy (non-hydrogen) atoms. The largest absolute Gasteiger partial charge is 0.391 e. The molecule has 1 unspecified atom stereocenters. The van der Waals surface area contributed by atoms with Crippen molar-refractivity contribution >= 4 is 23.3 Å². The molecule has 2 aliphatic heterocycles. The second-order valence-electron chi connectivity index (χ2n) is 9.34. The quantitative estimate of drug-likeness (QED) is 0.459. The van der Waals surface area contributed by atoms with E-state index in [1.165, 1.54) is 6.20 Å². The second-order valence-corrected chi connectivity index (χ2v) is 9.34. The third-order valence-electron chi connectivity index (χ3n) is 6.98. The molecule has 188 valence electrons. The van der Waals surface area contributed by atoms with Crippen LogP contribution in [-0.4, -0.2) is 91.4 Å². The van der Waals surface area contributed by atoms with Crippen molar-refractivity contribution in [1.29, 1.82) is 0 Å². The first-order valence-corrected chi connectivity index (χ1v) is 12.4. The number of hydrogen-bond donors (Lipinski definition) is 1. The number of amides is 2. The molecule has 5 heterocycles. The van der Waals surface area contributed by atoms with Crippen LogP contribution in [0.5, 0.6) is 0 Å². The van der Waals surface area contributed by atoms with Crippen molar-refractivity contribution in [3.05, 3.63) is 78.5 Å². The summed E-state index contributed by atoms with van der Waals surface area (Å²) in [5.41, 5.74) is 3.15. The van der Waals surface area contributed by atoms with E-state index in [0.29, 0.717) is 62.9 Å². The van der Waals surface area contributed by atoms with Crippen LogP contribution < -0.4 is 4.90 Å². The highest BCUT2D eigenvalue weighted by molar-refractivity contribution is 6.00. The molecular formula is C27H27N7O3. The average Bonchev–Trinajstić information content (AvgIpc) is 3.57. The number of fused-ring (bicyclic) bond motifs is 1. The highest BCUT2D eigenvalue weighted by atomic mass is 16.3. The lowest BCUT2D eigenvalue weighted by Gasteiger charge is -2.35. The molecule has 2 amide bonds. The van der Waals surface area contributed by atoms with Gasteiger partial charge in [-0.25, -0.2) is 15.0 Å². The van der Waals surface area contributed by atoms with E-state index in [-0.39, 0.29) is 17.5 Å². The molecule has 0 bridgehead atoms. The molecule has 3 aromatic heterocycles. The SMILES string of the molecule is O=C(c1cnc(N2CCN(C(=O)c3c(-c4ccccc4)nc4ccccn34)CC2)cn1)N1CCC(O)C1. The van der Waals surface area contributed by atoms with Gasteiger partial charge in [0.1, 0.15) is 28.5 Å². The van der Waals surface area contributed by atoms with Crippen molar-refractivity contribution in [2.24, 2.45) is 0 Å². The van der Waals surface area contributed by atoms with Crippen LogP contribution in [0.3, 0.4) is 0 Å². The molecule has 1 atom stereocenters. The van der Waals surface area contributed by atoms with Gasteiger partial charge in [0.15, 0.2) is 0 Å². The maximum absolute atomic E-state index is 13.7. The lowest BCUT2D eigenvalue weighted by Crippen LogP contribution is -2.49. The topological polar surface area (TPSA) is 107 Å². The number of aliphatic hydroxyl groups excluding tert-OH is 1. The van der Waals surface area contributed by atoms with E-state index < -0.39 is 6.10 Å². The lowest BCUT2D eigenvalue weighted by atomic mass is 10.1. The molecule has 0 radical (unpaired) electrons. The number of likely N-dealkylation sites (tertiary alicyclic amines) is 1. The van der Waals surface area contributed by atoms with Crippen molar-refractivity contribution < 1.29 is 14.7 Å². The van der Waals surface area contributed by atoms with Gasteiger partial charge in [0.25, 0.3) is 11.8 Å². The lowest BCUT2D eigenvalue weighted by molar-refractivity contribution is 0.0737. The maximum Gasteiger partial charge on any atom is 0.274 e. The first kappa shape index (κ1) is 23.1. The molecule has 2 saturated heterocycles. The monoisotopic (exact) mass is 497 g/mol. The minimum absolute atomic E-state index is 0.0583. The number of hydrogen-bond acceptors (Lipinski definition) is 7. The van der Waals surface area contributed by atoms with Crippen molar-refractivity contribution in [3.8, 4) is 11.3 Å². The summed E-state index contributed by atoms with van der Waals surface area (Å²) < 4.78 is 1.86. The fourth-order valence-corrected chi connectivity index (χ4v) is 4.97. The summed E-state index contributed by atoms with van der Waals surface area (Å²) in [5, 5.41) is 9.69. The van der Waals surface area contributed by atoms with Gasteiger partial charge in [-0.2, -0.15) is 0 Å². The van der Waals surface area contributed by atoms with Gasteiger partial charge >= 0.3 is 0 Å². The number of benzene rings is 1. The van der Waals surface area contributed by atoms with Gasteiger partial charge in [0, 0.05) is 51.0 Å². The molecule has 1 aromatic carbocycles. The Morgan fingerprint density at radius 3 is 2.32 bits per heavy atom. The number of anilines is 1. The van der Waals surface area contributed by atoms with Gasteiger partial charge in [-0.15, -0.1) is 0 Å². The Hall–Kier alpha value is -4.31. The van der Waals surface area contributed by atoms with Crippen LogP contribution in [0.2, 0.25) is 0 Å². The average molecular weight is 498 g/mol. The van der Waals surface area contributed by atoms with E-state index in [2.05, 4.69) is 14.9 Å². The third-order valence-corrected chi connectivity index (χ3v) is 6.98. The van der Waals surface area contributed by atoms with Crippen molar-refractivity contribution in [3.63, 3.8) is 0 Å². The molecule has 2 fully saturated rings. The number of carbonyl (C=O) groups is 2. The van der Waals surface area contributed by atoms with Crippen LogP contribution in [0, 0.1) is 0 Å². The van der Waals surface area contributed by atoms with Crippen LogP contribution in [0.25, 0.3) is 16.9 Å². The van der Waals surface area contributed by atoms with Gasteiger partial charge in [-0.3, -0.25) is 14.0 Å². The van der Waals surface area contributed by atoms with Gasteiger partial charge in [-0.05, 0) is 18.6 Å². The highest BCUT2D eigenvalue weighted by Gasteiger charge is 2.29. The number of aromatic nitrogens is 4. The fourth-order valence-electron chi connectivity index (χ4n) is 4.97. The first-order chi connectivity index (χ1) is 18.1. The van der Waals surface area contributed by atoms with E-state index in [0.717, 1.165) is 11.2 Å². The standard InChI is InChI=1S/C27H27N7O3/c35-20-9-11-33(18-20)26(36)21-16-29-23(17-28-21)31-12-14-32(15-13-31)27(37)25-24(19-6-2-1-3-7-19)30-22-8-4-5-10-34(22)25/h1-8,10,16-17,20,35H,9,11-15,18H2. The zero-order valence-corrected chi connectivity index (χ0v) is 20.3. The number of aliphatic hydroxyl groups is 1. The molecule has 0 saturated carbocycles. The Labute approximate surface area is 213 Å². The number of nitrogens with zero attached hydrogens (tertiary/aromatic N) is 7. The van der Waals surface area contributed by atoms with E-state index in [4.69, 9.17) is 4.98 Å². The number of β-amino-alcohol motifs (C(OH)–C–C–N with tert-alkyl or cyclic N) is 1. The number of pyridine rings is 1. The maximum atomic E-state index is 13.7. The van der Waals surface area contributed by atoms with Gasteiger partial charge in [-0.1, -0.05) is 36.4 Å². The third kappa shape index (κ3) is 4.40. The Bertz CT molecular complexity index is 1430. The molecule has 10 heteroatoms. The normalized spacial score (nSPS) is 18.0. The fraction of sp³-hybridized carbons (Fsp3) is 0.296. The summed E-state index contributed by atoms with van der Waals surface area (Å²) in [5.74, 6) is 0.398. The second kappa shape index (κ2) is 9.62. The molecule has 2 aliphatic rings. The Morgan fingerprint density at radius 2 is 1.62 bits per heavy atom. The number of rotatable bonds is 4. The van der Waals surface area contributed by atoms with E-state index in [9.17, 15) is 14.7 Å². The Morgan fingerprint density at radius 1 is 0.838 bits per heavy atom. The molecule has 4 aromatic rings. The Kier molecular flexibility index (Phi) is 6.01. The zero-order valence-electron chi connectivity index (χ0n) is 20.3. The summed E-state index contributed by atoms with van der Waals surface area (Å²) >= 11 is 0. The van der Waals surface area contributed by atoms with Crippen molar-refractivity contribution in [1.82, 2.24) is 29.2 Å². The van der Waals surface area contributed by atoms with Crippen LogP contribution >= 0.6 is 0 Å². The summed E-state index contributed by atoms with van der Waals surface area (Å²) in [4.78, 5) is 45.4. The van der Waals surface area contributed by atoms with Gasteiger partial charge in [0.2, 0.25) is 0 Å². The molecular weight excluding hydrogens is 470 g/mol. The minimum atomic E-state index is -0.473. The van der Waals surface area contributed by atoms with Crippen LogP contribution in [0.15, 0.2) is 67.1 Å². The van der Waals surface area contributed by atoms with Gasteiger partial charge < -0.3 is 19.8 Å². The number of carbonyl (C=O) groups excluding carboxylic acids is 2. The summed E-state index contributed by atoms with van der Waals surface area (Å²) in [6.45, 7) is 3.11. The van der Waals surface area contributed by atoms with Crippen molar-refractivity contribution in [2.45, 2.75) is 12.5 Å². The predicted molar refractivity (Wildman–Crippen MR) is 137 cm³/mol.